The molecule has 2 N–H and O–H groups in total. The van der Waals surface area contributed by atoms with Gasteiger partial charge in [0, 0.05) is 36.6 Å². The van der Waals surface area contributed by atoms with Crippen molar-refractivity contribution in [1.82, 2.24) is 10.3 Å². The van der Waals surface area contributed by atoms with Crippen LogP contribution in [0.5, 0.6) is 5.75 Å². The van der Waals surface area contributed by atoms with Crippen molar-refractivity contribution in [3.8, 4) is 5.75 Å². The predicted molar refractivity (Wildman–Crippen MR) is 84.6 cm³/mol. The average molecular weight is 278 g/mol. The zero-order valence-corrected chi connectivity index (χ0v) is 11.8. The van der Waals surface area contributed by atoms with Gasteiger partial charge < -0.3 is 15.0 Å². The molecule has 0 saturated carbocycles. The Hall–Kier alpha value is -2.26. The van der Waals surface area contributed by atoms with Crippen molar-refractivity contribution in [2.75, 3.05) is 6.54 Å². The van der Waals surface area contributed by atoms with Gasteiger partial charge in [0.2, 0.25) is 0 Å². The van der Waals surface area contributed by atoms with Gasteiger partial charge in [0.15, 0.2) is 0 Å². The number of nitrogens with one attached hydrogen (secondary N) is 2. The standard InChI is InChI=1S/C18H18N2O/c1-2-7-18-13(4-1)10-15(21-18)12-19-11-14-5-3-6-17-16(14)8-9-20-17/h1-9,15,19-20H,10-12H2. The number of hydrogen-bond donors (Lipinski definition) is 2. The molecule has 0 bridgehead atoms. The monoisotopic (exact) mass is 278 g/mol. The Bertz CT molecular complexity index is 738. The van der Waals surface area contributed by atoms with Crippen LogP contribution in [0.25, 0.3) is 10.9 Å². The summed E-state index contributed by atoms with van der Waals surface area (Å²) in [4.78, 5) is 3.25. The van der Waals surface area contributed by atoms with Crippen LogP contribution in [-0.2, 0) is 13.0 Å². The van der Waals surface area contributed by atoms with Crippen LogP contribution in [0, 0.1) is 0 Å². The molecular formula is C18H18N2O. The molecule has 3 heteroatoms. The summed E-state index contributed by atoms with van der Waals surface area (Å²) in [6.07, 6.45) is 3.23. The third-order valence-electron chi connectivity index (χ3n) is 4.09. The molecule has 106 valence electrons. The SMILES string of the molecule is c1ccc2c(c1)CC(CNCc1cccc3[nH]ccc13)O2. The number of ether oxygens (including phenoxy) is 1. The van der Waals surface area contributed by atoms with E-state index >= 15 is 0 Å². The van der Waals surface area contributed by atoms with Gasteiger partial charge in [-0.3, -0.25) is 0 Å². The fourth-order valence-corrected chi connectivity index (χ4v) is 3.04. The molecule has 0 saturated heterocycles. The summed E-state index contributed by atoms with van der Waals surface area (Å²) >= 11 is 0. The normalized spacial score (nSPS) is 16.9. The van der Waals surface area contributed by atoms with Gasteiger partial charge in [0.1, 0.15) is 11.9 Å². The molecule has 21 heavy (non-hydrogen) atoms. The molecule has 1 aliphatic rings. The van der Waals surface area contributed by atoms with Crippen molar-refractivity contribution in [1.29, 1.82) is 0 Å². The first-order chi connectivity index (χ1) is 10.4. The highest BCUT2D eigenvalue weighted by atomic mass is 16.5. The lowest BCUT2D eigenvalue weighted by molar-refractivity contribution is 0.227. The molecule has 0 aliphatic carbocycles. The average Bonchev–Trinajstić information content (AvgIpc) is 3.13. The van der Waals surface area contributed by atoms with E-state index in [-0.39, 0.29) is 6.10 Å². The van der Waals surface area contributed by atoms with E-state index in [1.165, 1.54) is 22.0 Å². The molecule has 0 amide bonds. The van der Waals surface area contributed by atoms with Crippen LogP contribution < -0.4 is 10.1 Å². The summed E-state index contributed by atoms with van der Waals surface area (Å²) in [7, 11) is 0. The molecule has 1 aromatic heterocycles. The van der Waals surface area contributed by atoms with Crippen molar-refractivity contribution in [3.63, 3.8) is 0 Å². The largest absolute Gasteiger partial charge is 0.488 e. The molecular weight excluding hydrogens is 260 g/mol. The molecule has 1 aliphatic heterocycles. The van der Waals surface area contributed by atoms with Gasteiger partial charge in [-0.2, -0.15) is 0 Å². The van der Waals surface area contributed by atoms with Crippen LogP contribution in [0.1, 0.15) is 11.1 Å². The molecule has 3 nitrogen and oxygen atoms in total. The van der Waals surface area contributed by atoms with Crippen LogP contribution in [-0.4, -0.2) is 17.6 Å². The van der Waals surface area contributed by atoms with E-state index in [4.69, 9.17) is 4.74 Å². The van der Waals surface area contributed by atoms with Gasteiger partial charge in [-0.25, -0.2) is 0 Å². The molecule has 0 fully saturated rings. The van der Waals surface area contributed by atoms with Crippen LogP contribution >= 0.6 is 0 Å². The maximum absolute atomic E-state index is 5.95. The fourth-order valence-electron chi connectivity index (χ4n) is 3.04. The molecule has 0 spiro atoms. The van der Waals surface area contributed by atoms with Crippen molar-refractivity contribution >= 4 is 10.9 Å². The summed E-state index contributed by atoms with van der Waals surface area (Å²) in [5, 5.41) is 4.81. The number of rotatable bonds is 4. The molecule has 1 atom stereocenters. The van der Waals surface area contributed by atoms with Gasteiger partial charge in [0.05, 0.1) is 0 Å². The first kappa shape index (κ1) is 12.5. The second-order valence-corrected chi connectivity index (χ2v) is 5.54. The molecule has 3 aromatic rings. The van der Waals surface area contributed by atoms with Gasteiger partial charge in [0.25, 0.3) is 0 Å². The lowest BCUT2D eigenvalue weighted by atomic mass is 10.1. The van der Waals surface area contributed by atoms with E-state index in [9.17, 15) is 0 Å². The Morgan fingerprint density at radius 1 is 1.10 bits per heavy atom. The van der Waals surface area contributed by atoms with E-state index in [1.54, 1.807) is 0 Å². The second kappa shape index (κ2) is 5.26. The second-order valence-electron chi connectivity index (χ2n) is 5.54. The van der Waals surface area contributed by atoms with Crippen molar-refractivity contribution < 1.29 is 4.74 Å². The molecule has 0 radical (unpaired) electrons. The zero-order chi connectivity index (χ0) is 14.1. The van der Waals surface area contributed by atoms with E-state index in [0.717, 1.165) is 25.3 Å². The maximum Gasteiger partial charge on any atom is 0.123 e. The molecule has 4 rings (SSSR count). The van der Waals surface area contributed by atoms with E-state index in [1.807, 2.05) is 12.3 Å². The number of H-pyrrole nitrogens is 1. The molecule has 2 heterocycles. The number of aromatic nitrogens is 1. The number of hydrogen-bond acceptors (Lipinski definition) is 2. The minimum absolute atomic E-state index is 0.243. The number of para-hydroxylation sites is 1. The minimum Gasteiger partial charge on any atom is -0.488 e. The minimum atomic E-state index is 0.243. The number of aromatic amines is 1. The Balaban J connectivity index is 1.38. The highest BCUT2D eigenvalue weighted by molar-refractivity contribution is 5.82. The highest BCUT2D eigenvalue weighted by Crippen LogP contribution is 2.27. The topological polar surface area (TPSA) is 37.0 Å². The number of fused-ring (bicyclic) bond motifs is 2. The lowest BCUT2D eigenvalue weighted by Gasteiger charge is -2.12. The third-order valence-corrected chi connectivity index (χ3v) is 4.09. The van der Waals surface area contributed by atoms with E-state index in [0.29, 0.717) is 0 Å². The first-order valence-electron chi connectivity index (χ1n) is 7.40. The van der Waals surface area contributed by atoms with Crippen LogP contribution in [0.4, 0.5) is 0 Å². The maximum atomic E-state index is 5.95. The van der Waals surface area contributed by atoms with Crippen LogP contribution in [0.3, 0.4) is 0 Å². The van der Waals surface area contributed by atoms with Crippen molar-refractivity contribution in [3.05, 3.63) is 65.9 Å². The summed E-state index contributed by atoms with van der Waals surface area (Å²) in [6.45, 7) is 1.74. The van der Waals surface area contributed by atoms with E-state index in [2.05, 4.69) is 52.8 Å². The van der Waals surface area contributed by atoms with Crippen molar-refractivity contribution in [2.24, 2.45) is 0 Å². The Labute approximate surface area is 123 Å². The van der Waals surface area contributed by atoms with E-state index < -0.39 is 0 Å². The van der Waals surface area contributed by atoms with Crippen LogP contribution in [0.15, 0.2) is 54.7 Å². The number of benzene rings is 2. The van der Waals surface area contributed by atoms with Gasteiger partial charge in [-0.05, 0) is 29.3 Å². The predicted octanol–water partition coefficient (Wildman–Crippen LogP) is 3.26. The third kappa shape index (κ3) is 2.41. The summed E-state index contributed by atoms with van der Waals surface area (Å²) in [5.74, 6) is 1.04. The molecule has 2 aromatic carbocycles. The summed E-state index contributed by atoms with van der Waals surface area (Å²) in [5.41, 5.74) is 3.83. The summed E-state index contributed by atoms with van der Waals surface area (Å²) in [6, 6.07) is 16.8. The Kier molecular flexibility index (Phi) is 3.13. The smallest absolute Gasteiger partial charge is 0.123 e. The highest BCUT2D eigenvalue weighted by Gasteiger charge is 2.21. The first-order valence-corrected chi connectivity index (χ1v) is 7.40. The Morgan fingerprint density at radius 3 is 3.00 bits per heavy atom. The zero-order valence-electron chi connectivity index (χ0n) is 11.8. The van der Waals surface area contributed by atoms with Crippen molar-refractivity contribution in [2.45, 2.75) is 19.1 Å². The fraction of sp³-hybridized carbons (Fsp3) is 0.222. The van der Waals surface area contributed by atoms with Gasteiger partial charge >= 0.3 is 0 Å². The van der Waals surface area contributed by atoms with Gasteiger partial charge in [-0.1, -0.05) is 30.3 Å². The molecule has 1 unspecified atom stereocenters. The van der Waals surface area contributed by atoms with Gasteiger partial charge in [-0.15, -0.1) is 0 Å². The summed E-state index contributed by atoms with van der Waals surface area (Å²) < 4.78 is 5.95. The Morgan fingerprint density at radius 2 is 2.05 bits per heavy atom. The lowest BCUT2D eigenvalue weighted by Crippen LogP contribution is -2.29. The van der Waals surface area contributed by atoms with Crippen LogP contribution in [0.2, 0.25) is 0 Å². The quantitative estimate of drug-likeness (QED) is 0.768.